The van der Waals surface area contributed by atoms with Crippen LogP contribution in [0.15, 0.2) is 54.6 Å². The number of nitrogens with one attached hydrogen (secondary N) is 1. The summed E-state index contributed by atoms with van der Waals surface area (Å²) in [5.74, 6) is -3.23. The molecule has 1 heterocycles. The number of alkyl halides is 2. The summed E-state index contributed by atoms with van der Waals surface area (Å²) in [6.45, 7) is 1.22. The van der Waals surface area contributed by atoms with Gasteiger partial charge in [-0.2, -0.15) is 0 Å². The number of hydrogen-bond donors (Lipinski definition) is 2. The highest BCUT2D eigenvalue weighted by molar-refractivity contribution is 6.02. The zero-order valence-corrected chi connectivity index (χ0v) is 15.7. The third kappa shape index (κ3) is 3.65. The van der Waals surface area contributed by atoms with Gasteiger partial charge in [-0.3, -0.25) is 4.90 Å². The fourth-order valence-electron chi connectivity index (χ4n) is 4.03. The molecular weight excluding hydrogens is 370 g/mol. The van der Waals surface area contributed by atoms with Gasteiger partial charge in [0.1, 0.15) is 12.6 Å². The quantitative estimate of drug-likeness (QED) is 0.659. The number of piperazine rings is 1. The second-order valence-corrected chi connectivity index (χ2v) is 6.84. The standard InChI is InChI=1S/C21H22F2N2O.ClH/c22-21(23,14-26)20(25-11-9-24-10-12-25)19-17-7-3-1-5-15(17)13-16-6-2-4-8-18(16)19;/h1-8,13,20,24,26H,9-12,14H2;1H/t20-;/m0./s1. The predicted molar refractivity (Wildman–Crippen MR) is 108 cm³/mol. The molecule has 0 saturated carbocycles. The number of aliphatic hydroxyl groups excluding tert-OH is 1. The Bertz CT molecular complexity index is 874. The van der Waals surface area contributed by atoms with E-state index in [1.165, 1.54) is 0 Å². The monoisotopic (exact) mass is 392 g/mol. The van der Waals surface area contributed by atoms with E-state index in [0.717, 1.165) is 21.5 Å². The van der Waals surface area contributed by atoms with E-state index in [0.29, 0.717) is 31.7 Å². The Hall–Kier alpha value is -1.79. The zero-order chi connectivity index (χ0) is 18.1. The summed E-state index contributed by atoms with van der Waals surface area (Å²) in [6.07, 6.45) is 0. The Kier molecular flexibility index (Phi) is 5.96. The Morgan fingerprint density at radius 2 is 1.48 bits per heavy atom. The summed E-state index contributed by atoms with van der Waals surface area (Å²) in [7, 11) is 0. The third-order valence-electron chi connectivity index (χ3n) is 5.21. The van der Waals surface area contributed by atoms with Crippen molar-refractivity contribution in [2.75, 3.05) is 32.8 Å². The highest BCUT2D eigenvalue weighted by Gasteiger charge is 2.45. The molecule has 0 radical (unpaired) electrons. The molecular formula is C21H23ClF2N2O. The fourth-order valence-corrected chi connectivity index (χ4v) is 4.03. The minimum absolute atomic E-state index is 0. The van der Waals surface area contributed by atoms with Crippen LogP contribution in [0.3, 0.4) is 0 Å². The van der Waals surface area contributed by atoms with E-state index >= 15 is 8.78 Å². The van der Waals surface area contributed by atoms with Crippen molar-refractivity contribution in [2.24, 2.45) is 0 Å². The van der Waals surface area contributed by atoms with Crippen LogP contribution in [-0.4, -0.2) is 48.7 Å². The lowest BCUT2D eigenvalue weighted by molar-refractivity contribution is -0.117. The van der Waals surface area contributed by atoms with Crippen LogP contribution in [0.1, 0.15) is 11.6 Å². The van der Waals surface area contributed by atoms with Crippen LogP contribution in [0.4, 0.5) is 8.78 Å². The molecule has 3 aromatic carbocycles. The zero-order valence-electron chi connectivity index (χ0n) is 14.9. The molecule has 144 valence electrons. The van der Waals surface area contributed by atoms with Crippen molar-refractivity contribution in [3.63, 3.8) is 0 Å². The van der Waals surface area contributed by atoms with Gasteiger partial charge in [-0.1, -0.05) is 48.5 Å². The van der Waals surface area contributed by atoms with E-state index in [1.54, 1.807) is 4.90 Å². The maximum atomic E-state index is 15.0. The van der Waals surface area contributed by atoms with E-state index in [2.05, 4.69) is 5.32 Å². The second kappa shape index (κ2) is 8.07. The molecule has 1 atom stereocenters. The third-order valence-corrected chi connectivity index (χ3v) is 5.21. The van der Waals surface area contributed by atoms with Gasteiger partial charge in [0.2, 0.25) is 0 Å². The van der Waals surface area contributed by atoms with Crippen molar-refractivity contribution in [1.29, 1.82) is 0 Å². The van der Waals surface area contributed by atoms with Gasteiger partial charge in [0.15, 0.2) is 0 Å². The molecule has 3 aromatic rings. The first-order valence-corrected chi connectivity index (χ1v) is 8.95. The minimum Gasteiger partial charge on any atom is -0.390 e. The molecule has 0 aliphatic carbocycles. The molecule has 1 aliphatic rings. The van der Waals surface area contributed by atoms with Crippen molar-refractivity contribution >= 4 is 34.0 Å². The summed E-state index contributed by atoms with van der Waals surface area (Å²) >= 11 is 0. The van der Waals surface area contributed by atoms with E-state index < -0.39 is 18.6 Å². The molecule has 27 heavy (non-hydrogen) atoms. The van der Waals surface area contributed by atoms with Crippen LogP contribution in [0.5, 0.6) is 0 Å². The van der Waals surface area contributed by atoms with Gasteiger partial charge in [-0.05, 0) is 33.2 Å². The topological polar surface area (TPSA) is 35.5 Å². The lowest BCUT2D eigenvalue weighted by atomic mass is 9.88. The first kappa shape index (κ1) is 20.0. The Morgan fingerprint density at radius 3 is 2.00 bits per heavy atom. The van der Waals surface area contributed by atoms with Crippen molar-refractivity contribution in [1.82, 2.24) is 10.2 Å². The van der Waals surface area contributed by atoms with Crippen LogP contribution in [0.2, 0.25) is 0 Å². The number of fused-ring (bicyclic) bond motifs is 2. The van der Waals surface area contributed by atoms with Gasteiger partial charge in [0, 0.05) is 26.2 Å². The molecule has 0 unspecified atom stereocenters. The van der Waals surface area contributed by atoms with Crippen LogP contribution in [-0.2, 0) is 0 Å². The Labute approximate surface area is 163 Å². The average molecular weight is 393 g/mol. The van der Waals surface area contributed by atoms with Gasteiger partial charge in [0.25, 0.3) is 5.92 Å². The summed E-state index contributed by atoms with van der Waals surface area (Å²) < 4.78 is 30.1. The number of rotatable bonds is 4. The van der Waals surface area contributed by atoms with Crippen molar-refractivity contribution in [2.45, 2.75) is 12.0 Å². The minimum atomic E-state index is -3.23. The summed E-state index contributed by atoms with van der Waals surface area (Å²) in [5, 5.41) is 16.2. The van der Waals surface area contributed by atoms with E-state index in [-0.39, 0.29) is 12.4 Å². The molecule has 3 nitrogen and oxygen atoms in total. The first-order chi connectivity index (χ1) is 12.6. The van der Waals surface area contributed by atoms with Crippen molar-refractivity contribution in [3.05, 3.63) is 60.2 Å². The fraction of sp³-hybridized carbons (Fsp3) is 0.333. The number of benzene rings is 3. The highest BCUT2D eigenvalue weighted by atomic mass is 35.5. The lowest BCUT2D eigenvalue weighted by Crippen LogP contribution is -2.51. The van der Waals surface area contributed by atoms with Gasteiger partial charge in [-0.15, -0.1) is 12.4 Å². The molecule has 1 aliphatic heterocycles. The normalized spacial score (nSPS) is 17.0. The molecule has 1 fully saturated rings. The molecule has 6 heteroatoms. The van der Waals surface area contributed by atoms with E-state index in [4.69, 9.17) is 0 Å². The van der Waals surface area contributed by atoms with Crippen LogP contribution in [0, 0.1) is 0 Å². The number of halogens is 3. The van der Waals surface area contributed by atoms with Crippen LogP contribution >= 0.6 is 12.4 Å². The van der Waals surface area contributed by atoms with Gasteiger partial charge < -0.3 is 10.4 Å². The summed E-state index contributed by atoms with van der Waals surface area (Å²) in [5.41, 5.74) is 0.611. The van der Waals surface area contributed by atoms with Gasteiger partial charge in [-0.25, -0.2) is 8.78 Å². The van der Waals surface area contributed by atoms with Crippen LogP contribution < -0.4 is 5.32 Å². The summed E-state index contributed by atoms with van der Waals surface area (Å²) in [4.78, 5) is 1.81. The average Bonchev–Trinajstić information content (AvgIpc) is 2.68. The predicted octanol–water partition coefficient (Wildman–Crippen LogP) is 3.99. The van der Waals surface area contributed by atoms with Gasteiger partial charge >= 0.3 is 0 Å². The largest absolute Gasteiger partial charge is 0.390 e. The number of nitrogens with zero attached hydrogens (tertiary/aromatic N) is 1. The molecule has 0 amide bonds. The maximum absolute atomic E-state index is 15.0. The van der Waals surface area contributed by atoms with E-state index in [9.17, 15) is 5.11 Å². The Balaban J connectivity index is 0.00000210. The van der Waals surface area contributed by atoms with Crippen molar-refractivity contribution < 1.29 is 13.9 Å². The number of hydrogen-bond acceptors (Lipinski definition) is 3. The second-order valence-electron chi connectivity index (χ2n) is 6.84. The van der Waals surface area contributed by atoms with Crippen LogP contribution in [0.25, 0.3) is 21.5 Å². The number of aliphatic hydroxyl groups is 1. The summed E-state index contributed by atoms with van der Waals surface area (Å²) in [6, 6.07) is 16.2. The Morgan fingerprint density at radius 1 is 0.963 bits per heavy atom. The SMILES string of the molecule is Cl.OCC(F)(F)[C@H](c1c2ccccc2cc2ccccc12)N1CCNCC1. The maximum Gasteiger partial charge on any atom is 0.289 e. The molecule has 0 aromatic heterocycles. The molecule has 2 N–H and O–H groups in total. The van der Waals surface area contributed by atoms with E-state index in [1.807, 2.05) is 54.6 Å². The smallest absolute Gasteiger partial charge is 0.289 e. The molecule has 1 saturated heterocycles. The molecule has 0 bridgehead atoms. The first-order valence-electron chi connectivity index (χ1n) is 8.95. The highest BCUT2D eigenvalue weighted by Crippen LogP contribution is 2.43. The molecule has 0 spiro atoms. The van der Waals surface area contributed by atoms with Gasteiger partial charge in [0.05, 0.1) is 0 Å². The van der Waals surface area contributed by atoms with Crippen molar-refractivity contribution in [3.8, 4) is 0 Å². The molecule has 4 rings (SSSR count). The lowest BCUT2D eigenvalue weighted by Gasteiger charge is -2.39.